The second kappa shape index (κ2) is 7.91. The topological polar surface area (TPSA) is 137 Å². The van der Waals surface area contributed by atoms with Gasteiger partial charge in [0.15, 0.2) is 5.75 Å². The second-order valence-corrected chi connectivity index (χ2v) is 7.14. The lowest BCUT2D eigenvalue weighted by Gasteiger charge is -2.12. The normalized spacial score (nSPS) is 10.8. The van der Waals surface area contributed by atoms with E-state index < -0.39 is 20.9 Å². The molecule has 0 spiro atoms. The first-order valence-electron chi connectivity index (χ1n) is 7.44. The Bertz CT molecular complexity index is 990. The van der Waals surface area contributed by atoms with Crippen molar-refractivity contribution in [1.29, 1.82) is 0 Å². The molecule has 0 fully saturated rings. The van der Waals surface area contributed by atoms with Crippen LogP contribution in [0.25, 0.3) is 0 Å². The van der Waals surface area contributed by atoms with Crippen molar-refractivity contribution in [2.75, 3.05) is 30.5 Å². The van der Waals surface area contributed by atoms with E-state index in [-0.39, 0.29) is 28.4 Å². The molecule has 2 N–H and O–H groups in total. The van der Waals surface area contributed by atoms with Crippen molar-refractivity contribution in [3.63, 3.8) is 0 Å². The number of nitrogens with one attached hydrogen (secondary N) is 2. The van der Waals surface area contributed by atoms with Crippen LogP contribution in [0.2, 0.25) is 0 Å². The smallest absolute Gasteiger partial charge is 0.310 e. The van der Waals surface area contributed by atoms with Gasteiger partial charge in [0.1, 0.15) is 5.75 Å². The van der Waals surface area contributed by atoms with Gasteiger partial charge in [-0.2, -0.15) is 0 Å². The van der Waals surface area contributed by atoms with Gasteiger partial charge in [0.25, 0.3) is 5.91 Å². The number of rotatable bonds is 7. The minimum atomic E-state index is -3.49. The van der Waals surface area contributed by atoms with E-state index in [2.05, 4.69) is 10.0 Å². The molecule has 2 aromatic carbocycles. The molecule has 2 aromatic rings. The number of nitro groups is 1. The molecule has 0 aromatic heterocycles. The summed E-state index contributed by atoms with van der Waals surface area (Å²) in [6.07, 6.45) is 1.00. The first-order valence-corrected chi connectivity index (χ1v) is 9.33. The summed E-state index contributed by atoms with van der Waals surface area (Å²) in [5, 5.41) is 13.5. The molecule has 10 nitrogen and oxygen atoms in total. The molecule has 11 heteroatoms. The Kier molecular flexibility index (Phi) is 5.85. The van der Waals surface area contributed by atoms with Gasteiger partial charge in [-0.05, 0) is 18.2 Å². The fourth-order valence-corrected chi connectivity index (χ4v) is 2.79. The van der Waals surface area contributed by atoms with E-state index >= 15 is 0 Å². The summed E-state index contributed by atoms with van der Waals surface area (Å²) in [5.74, 6) is -0.369. The first-order chi connectivity index (χ1) is 12.6. The molecule has 0 aliphatic heterocycles. The van der Waals surface area contributed by atoms with Crippen molar-refractivity contribution >= 4 is 33.0 Å². The standard InChI is InChI=1S/C16H17N3O7S/c1-25-14-9-11(5-6-12(14)18-27(3,23)24)17-16(20)10-4-7-13(19(21)22)15(8-10)26-2/h4-9,18H,1-3H3,(H,17,20). The summed E-state index contributed by atoms with van der Waals surface area (Å²) >= 11 is 0. The Balaban J connectivity index is 2.26. The Morgan fingerprint density at radius 1 is 1.07 bits per heavy atom. The van der Waals surface area contributed by atoms with E-state index in [1.165, 1.54) is 50.6 Å². The molecule has 0 atom stereocenters. The zero-order chi connectivity index (χ0) is 20.2. The number of amides is 1. The maximum absolute atomic E-state index is 12.4. The van der Waals surface area contributed by atoms with E-state index in [0.717, 1.165) is 6.26 Å². The lowest BCUT2D eigenvalue weighted by atomic mass is 10.1. The highest BCUT2D eigenvalue weighted by atomic mass is 32.2. The van der Waals surface area contributed by atoms with Gasteiger partial charge in [0, 0.05) is 29.4 Å². The number of ether oxygens (including phenoxy) is 2. The van der Waals surface area contributed by atoms with Crippen LogP contribution in [0.3, 0.4) is 0 Å². The summed E-state index contributed by atoms with van der Waals surface area (Å²) in [6, 6.07) is 8.08. The Morgan fingerprint density at radius 3 is 2.30 bits per heavy atom. The third-order valence-electron chi connectivity index (χ3n) is 3.39. The molecule has 144 valence electrons. The third kappa shape index (κ3) is 5.07. The highest BCUT2D eigenvalue weighted by molar-refractivity contribution is 7.92. The monoisotopic (exact) mass is 395 g/mol. The van der Waals surface area contributed by atoms with Gasteiger partial charge < -0.3 is 14.8 Å². The molecule has 2 rings (SSSR count). The molecule has 0 aliphatic rings. The van der Waals surface area contributed by atoms with E-state index in [4.69, 9.17) is 9.47 Å². The Hall–Kier alpha value is -3.34. The minimum absolute atomic E-state index is 0.0436. The summed E-state index contributed by atoms with van der Waals surface area (Å²) in [4.78, 5) is 22.7. The highest BCUT2D eigenvalue weighted by Crippen LogP contribution is 2.30. The highest BCUT2D eigenvalue weighted by Gasteiger charge is 2.18. The summed E-state index contributed by atoms with van der Waals surface area (Å²) < 4.78 is 35.1. The average molecular weight is 395 g/mol. The van der Waals surface area contributed by atoms with E-state index in [1.807, 2.05) is 0 Å². The van der Waals surface area contributed by atoms with Crippen LogP contribution in [0, 0.1) is 10.1 Å². The van der Waals surface area contributed by atoms with Gasteiger partial charge in [0.2, 0.25) is 10.0 Å². The van der Waals surface area contributed by atoms with Crippen molar-refractivity contribution in [3.8, 4) is 11.5 Å². The molecule has 0 bridgehead atoms. The molecule has 0 radical (unpaired) electrons. The van der Waals surface area contributed by atoms with Gasteiger partial charge in [-0.3, -0.25) is 19.6 Å². The van der Waals surface area contributed by atoms with E-state index in [0.29, 0.717) is 5.69 Å². The van der Waals surface area contributed by atoms with Crippen LogP contribution in [-0.4, -0.2) is 39.7 Å². The van der Waals surface area contributed by atoms with Crippen molar-refractivity contribution in [2.45, 2.75) is 0 Å². The fraction of sp³-hybridized carbons (Fsp3) is 0.188. The predicted octanol–water partition coefficient (Wildman–Crippen LogP) is 2.24. The van der Waals surface area contributed by atoms with E-state index in [9.17, 15) is 23.3 Å². The van der Waals surface area contributed by atoms with Crippen molar-refractivity contribution < 1.29 is 27.6 Å². The molecule has 0 saturated carbocycles. The maximum atomic E-state index is 12.4. The number of methoxy groups -OCH3 is 2. The van der Waals surface area contributed by atoms with Gasteiger partial charge in [-0.1, -0.05) is 0 Å². The zero-order valence-corrected chi connectivity index (χ0v) is 15.5. The number of carbonyl (C=O) groups is 1. The molecule has 1 amide bonds. The fourth-order valence-electron chi connectivity index (χ4n) is 2.23. The molecular formula is C16H17N3O7S. The van der Waals surface area contributed by atoms with Crippen molar-refractivity contribution in [2.24, 2.45) is 0 Å². The lowest BCUT2D eigenvalue weighted by molar-refractivity contribution is -0.385. The summed E-state index contributed by atoms with van der Waals surface area (Å²) in [7, 11) is -0.871. The number of anilines is 2. The quantitative estimate of drug-likeness (QED) is 0.542. The minimum Gasteiger partial charge on any atom is -0.494 e. The van der Waals surface area contributed by atoms with Crippen LogP contribution in [0.15, 0.2) is 36.4 Å². The Labute approximate surface area is 155 Å². The van der Waals surface area contributed by atoms with Gasteiger partial charge in [0.05, 0.1) is 31.1 Å². The van der Waals surface area contributed by atoms with Crippen LogP contribution < -0.4 is 19.5 Å². The molecule has 27 heavy (non-hydrogen) atoms. The number of nitro benzene ring substituents is 1. The van der Waals surface area contributed by atoms with Gasteiger partial charge >= 0.3 is 5.69 Å². The van der Waals surface area contributed by atoms with Crippen LogP contribution >= 0.6 is 0 Å². The molecule has 0 unspecified atom stereocenters. The molecule has 0 aliphatic carbocycles. The van der Waals surface area contributed by atoms with Crippen LogP contribution in [-0.2, 0) is 10.0 Å². The number of hydrogen-bond donors (Lipinski definition) is 2. The number of benzene rings is 2. The SMILES string of the molecule is COc1cc(NC(=O)c2ccc([N+](=O)[O-])c(OC)c2)ccc1NS(C)(=O)=O. The second-order valence-electron chi connectivity index (χ2n) is 5.39. The number of sulfonamides is 1. The van der Waals surface area contributed by atoms with E-state index in [1.54, 1.807) is 0 Å². The number of hydrogen-bond acceptors (Lipinski definition) is 7. The molecular weight excluding hydrogens is 378 g/mol. The Morgan fingerprint density at radius 2 is 1.74 bits per heavy atom. The van der Waals surface area contributed by atoms with Crippen LogP contribution in [0.5, 0.6) is 11.5 Å². The lowest BCUT2D eigenvalue weighted by Crippen LogP contribution is -2.13. The number of carbonyl (C=O) groups excluding carboxylic acids is 1. The van der Waals surface area contributed by atoms with Gasteiger partial charge in [-0.25, -0.2) is 8.42 Å². The summed E-state index contributed by atoms with van der Waals surface area (Å²) in [5.41, 5.74) is 0.449. The molecule has 0 saturated heterocycles. The van der Waals surface area contributed by atoms with Crippen LogP contribution in [0.4, 0.5) is 17.1 Å². The van der Waals surface area contributed by atoms with Crippen molar-refractivity contribution in [3.05, 3.63) is 52.1 Å². The largest absolute Gasteiger partial charge is 0.494 e. The summed E-state index contributed by atoms with van der Waals surface area (Å²) in [6.45, 7) is 0. The maximum Gasteiger partial charge on any atom is 0.310 e. The zero-order valence-electron chi connectivity index (χ0n) is 14.7. The number of nitrogens with zero attached hydrogens (tertiary/aromatic N) is 1. The van der Waals surface area contributed by atoms with Gasteiger partial charge in [-0.15, -0.1) is 0 Å². The first kappa shape index (κ1) is 20.0. The van der Waals surface area contributed by atoms with Crippen molar-refractivity contribution in [1.82, 2.24) is 0 Å². The predicted molar refractivity (Wildman–Crippen MR) is 99.1 cm³/mol. The average Bonchev–Trinajstić information content (AvgIpc) is 2.60. The third-order valence-corrected chi connectivity index (χ3v) is 3.98. The molecule has 0 heterocycles. The van der Waals surface area contributed by atoms with Crippen LogP contribution in [0.1, 0.15) is 10.4 Å².